The van der Waals surface area contributed by atoms with E-state index in [9.17, 15) is 14.0 Å². The topological polar surface area (TPSA) is 64.7 Å². The normalized spacial score (nSPS) is 22.5. The Morgan fingerprint density at radius 3 is 2.56 bits per heavy atom. The van der Waals surface area contributed by atoms with Gasteiger partial charge in [-0.2, -0.15) is 0 Å². The fraction of sp³-hybridized carbons (Fsp3) is 0.556. The molecule has 1 spiro atoms. The van der Waals surface area contributed by atoms with Gasteiger partial charge in [-0.3, -0.25) is 9.69 Å². The smallest absolute Gasteiger partial charge is 0.321 e. The van der Waals surface area contributed by atoms with Gasteiger partial charge in [-0.25, -0.2) is 9.18 Å². The molecule has 3 aliphatic rings. The van der Waals surface area contributed by atoms with Gasteiger partial charge in [-0.1, -0.05) is 0 Å². The van der Waals surface area contributed by atoms with E-state index in [1.165, 1.54) is 17.0 Å². The van der Waals surface area contributed by atoms with Gasteiger partial charge in [0.2, 0.25) is 0 Å². The maximum absolute atomic E-state index is 14.3. The first-order valence-corrected chi connectivity index (χ1v) is 8.93. The van der Waals surface area contributed by atoms with E-state index in [-0.39, 0.29) is 17.5 Å². The van der Waals surface area contributed by atoms with Crippen LogP contribution >= 0.6 is 0 Å². The molecular formula is C18H23FN4O2. The van der Waals surface area contributed by atoms with Crippen molar-refractivity contribution < 1.29 is 14.0 Å². The van der Waals surface area contributed by atoms with Crippen LogP contribution in [0.15, 0.2) is 18.2 Å². The van der Waals surface area contributed by atoms with Crippen LogP contribution in [0.1, 0.15) is 29.6 Å². The molecule has 25 heavy (non-hydrogen) atoms. The van der Waals surface area contributed by atoms with Crippen molar-refractivity contribution in [3.63, 3.8) is 0 Å². The lowest BCUT2D eigenvalue weighted by atomic mass is 9.78. The molecule has 0 bridgehead atoms. The number of hydrogen-bond acceptors (Lipinski definition) is 3. The van der Waals surface area contributed by atoms with E-state index in [2.05, 4.69) is 10.6 Å². The maximum atomic E-state index is 14.3. The molecule has 0 aliphatic carbocycles. The van der Waals surface area contributed by atoms with Crippen LogP contribution in [-0.2, 0) is 0 Å². The Hall–Kier alpha value is -2.15. The predicted octanol–water partition coefficient (Wildman–Crippen LogP) is 1.57. The van der Waals surface area contributed by atoms with Crippen LogP contribution in [0.2, 0.25) is 0 Å². The van der Waals surface area contributed by atoms with Gasteiger partial charge in [0, 0.05) is 38.4 Å². The molecule has 3 aliphatic heterocycles. The van der Waals surface area contributed by atoms with Crippen molar-refractivity contribution in [2.75, 3.05) is 44.2 Å². The van der Waals surface area contributed by atoms with Crippen molar-refractivity contribution in [3.05, 3.63) is 29.6 Å². The Balaban J connectivity index is 1.51. The second-order valence-electron chi connectivity index (χ2n) is 7.27. The number of nitrogens with one attached hydrogen (secondary N) is 2. The summed E-state index contributed by atoms with van der Waals surface area (Å²) in [5.41, 5.74) is 0.927. The lowest BCUT2D eigenvalue weighted by Crippen LogP contribution is -2.44. The average Bonchev–Trinajstić information content (AvgIpc) is 3.25. The predicted molar refractivity (Wildman–Crippen MR) is 92.2 cm³/mol. The number of benzene rings is 1. The molecule has 7 heteroatoms. The second-order valence-corrected chi connectivity index (χ2v) is 7.27. The number of piperidine rings is 1. The van der Waals surface area contributed by atoms with Crippen LogP contribution < -0.4 is 15.5 Å². The number of halogens is 1. The molecule has 0 unspecified atom stereocenters. The van der Waals surface area contributed by atoms with E-state index < -0.39 is 5.82 Å². The summed E-state index contributed by atoms with van der Waals surface area (Å²) < 4.78 is 14.3. The molecule has 0 atom stereocenters. The monoisotopic (exact) mass is 346 g/mol. The summed E-state index contributed by atoms with van der Waals surface area (Å²) in [6, 6.07) is 4.12. The minimum atomic E-state index is -0.531. The van der Waals surface area contributed by atoms with Crippen molar-refractivity contribution in [1.29, 1.82) is 0 Å². The third-order valence-corrected chi connectivity index (χ3v) is 5.79. The van der Waals surface area contributed by atoms with E-state index in [0.29, 0.717) is 37.3 Å². The molecule has 2 N–H and O–H groups in total. The van der Waals surface area contributed by atoms with Gasteiger partial charge in [0.05, 0.1) is 5.56 Å². The van der Waals surface area contributed by atoms with E-state index in [4.69, 9.17) is 0 Å². The fourth-order valence-electron chi connectivity index (χ4n) is 4.14. The van der Waals surface area contributed by atoms with Crippen LogP contribution in [0.4, 0.5) is 14.9 Å². The minimum Gasteiger partial charge on any atom is -0.339 e. The molecule has 6 nitrogen and oxygen atoms in total. The Morgan fingerprint density at radius 2 is 1.92 bits per heavy atom. The molecule has 3 saturated heterocycles. The van der Waals surface area contributed by atoms with Crippen molar-refractivity contribution in [3.8, 4) is 0 Å². The number of rotatable bonds is 2. The summed E-state index contributed by atoms with van der Waals surface area (Å²) in [6.45, 7) is 4.47. The molecule has 0 radical (unpaired) electrons. The van der Waals surface area contributed by atoms with E-state index in [1.54, 1.807) is 11.0 Å². The summed E-state index contributed by atoms with van der Waals surface area (Å²) >= 11 is 0. The van der Waals surface area contributed by atoms with Crippen molar-refractivity contribution in [2.45, 2.75) is 19.3 Å². The Morgan fingerprint density at radius 1 is 1.12 bits per heavy atom. The highest BCUT2D eigenvalue weighted by Gasteiger charge is 2.38. The van der Waals surface area contributed by atoms with Gasteiger partial charge in [0.1, 0.15) is 5.82 Å². The van der Waals surface area contributed by atoms with E-state index >= 15 is 0 Å². The number of urea groups is 1. The first-order chi connectivity index (χ1) is 12.1. The van der Waals surface area contributed by atoms with Crippen molar-refractivity contribution >= 4 is 17.6 Å². The summed E-state index contributed by atoms with van der Waals surface area (Å²) in [6.07, 6.45) is 3.08. The number of likely N-dealkylation sites (tertiary alicyclic amines) is 1. The molecule has 3 fully saturated rings. The summed E-state index contributed by atoms with van der Waals surface area (Å²) in [7, 11) is 0. The second kappa shape index (κ2) is 6.29. The zero-order chi connectivity index (χ0) is 17.4. The van der Waals surface area contributed by atoms with Gasteiger partial charge < -0.3 is 15.5 Å². The number of hydrogen-bond donors (Lipinski definition) is 2. The third kappa shape index (κ3) is 2.97. The number of carbonyl (C=O) groups excluding carboxylic acids is 2. The van der Waals surface area contributed by atoms with Crippen molar-refractivity contribution in [2.24, 2.45) is 5.41 Å². The molecule has 0 saturated carbocycles. The van der Waals surface area contributed by atoms with Gasteiger partial charge in [-0.15, -0.1) is 0 Å². The standard InChI is InChI=1S/C18H23FN4O2/c19-15-2-1-13(23-10-7-21-17(23)25)11-14(15)16(24)22-8-4-18(5-9-22)3-6-20-12-18/h1-2,11,20H,3-10,12H2,(H,21,25). The molecule has 3 heterocycles. The Kier molecular flexibility index (Phi) is 4.11. The molecule has 1 aromatic rings. The Labute approximate surface area is 146 Å². The van der Waals surface area contributed by atoms with Crippen molar-refractivity contribution in [1.82, 2.24) is 15.5 Å². The fourth-order valence-corrected chi connectivity index (χ4v) is 4.14. The number of anilines is 1. The summed E-state index contributed by atoms with van der Waals surface area (Å²) in [5.74, 6) is -0.809. The van der Waals surface area contributed by atoms with Crippen LogP contribution in [0, 0.1) is 11.2 Å². The molecular weight excluding hydrogens is 323 g/mol. The quantitative estimate of drug-likeness (QED) is 0.854. The molecule has 4 rings (SSSR count). The van der Waals surface area contributed by atoms with Gasteiger partial charge in [-0.05, 0) is 49.4 Å². The van der Waals surface area contributed by atoms with Crippen LogP contribution in [0.25, 0.3) is 0 Å². The SMILES string of the molecule is O=C(c1cc(N2CCNC2=O)ccc1F)N1CCC2(CCNC2)CC1. The largest absolute Gasteiger partial charge is 0.339 e. The molecule has 3 amide bonds. The minimum absolute atomic E-state index is 0.0534. The number of carbonyl (C=O) groups is 2. The summed E-state index contributed by atoms with van der Waals surface area (Å²) in [5, 5.41) is 6.12. The van der Waals surface area contributed by atoms with Crippen LogP contribution in [0.3, 0.4) is 0 Å². The first-order valence-electron chi connectivity index (χ1n) is 8.93. The van der Waals surface area contributed by atoms with Gasteiger partial charge >= 0.3 is 6.03 Å². The van der Waals surface area contributed by atoms with E-state index in [1.807, 2.05) is 0 Å². The van der Waals surface area contributed by atoms with Crippen LogP contribution in [-0.4, -0.2) is 56.1 Å². The van der Waals surface area contributed by atoms with Gasteiger partial charge in [0.15, 0.2) is 0 Å². The number of amides is 3. The molecule has 134 valence electrons. The average molecular weight is 346 g/mol. The zero-order valence-corrected chi connectivity index (χ0v) is 14.2. The Bertz CT molecular complexity index is 692. The highest BCUT2D eigenvalue weighted by atomic mass is 19.1. The molecule has 0 aromatic heterocycles. The zero-order valence-electron chi connectivity index (χ0n) is 14.2. The summed E-state index contributed by atoms with van der Waals surface area (Å²) in [4.78, 5) is 27.9. The first kappa shape index (κ1) is 16.3. The third-order valence-electron chi connectivity index (χ3n) is 5.79. The lowest BCUT2D eigenvalue weighted by molar-refractivity contribution is 0.0603. The lowest BCUT2D eigenvalue weighted by Gasteiger charge is -2.39. The number of nitrogens with zero attached hydrogens (tertiary/aromatic N) is 2. The van der Waals surface area contributed by atoms with Crippen LogP contribution in [0.5, 0.6) is 0 Å². The van der Waals surface area contributed by atoms with Gasteiger partial charge in [0.25, 0.3) is 5.91 Å². The van der Waals surface area contributed by atoms with E-state index in [0.717, 1.165) is 32.4 Å². The maximum Gasteiger partial charge on any atom is 0.321 e. The highest BCUT2D eigenvalue weighted by molar-refractivity contribution is 5.98. The highest BCUT2D eigenvalue weighted by Crippen LogP contribution is 2.37. The molecule has 1 aromatic carbocycles.